The molecule has 0 bridgehead atoms. The molecular weight excluding hydrogens is 386 g/mol. The summed E-state index contributed by atoms with van der Waals surface area (Å²) in [7, 11) is 0. The summed E-state index contributed by atoms with van der Waals surface area (Å²) in [5, 5.41) is 19.3. The number of carbonyl (C=O) groups excluding carboxylic acids is 1. The summed E-state index contributed by atoms with van der Waals surface area (Å²) < 4.78 is 5.37. The molecule has 1 aromatic heterocycles. The van der Waals surface area contributed by atoms with Crippen molar-refractivity contribution in [3.05, 3.63) is 59.3 Å². The van der Waals surface area contributed by atoms with Crippen LogP contribution in [0.2, 0.25) is 0 Å². The van der Waals surface area contributed by atoms with Gasteiger partial charge in [-0.25, -0.2) is 20.2 Å². The Bertz CT molecular complexity index is 1170. The van der Waals surface area contributed by atoms with Crippen molar-refractivity contribution in [2.45, 2.75) is 19.9 Å². The molecule has 3 heterocycles. The molecule has 1 fully saturated rings. The average Bonchev–Trinajstić information content (AvgIpc) is 3.42. The lowest BCUT2D eigenvalue weighted by Gasteiger charge is -2.33. The molecule has 0 radical (unpaired) electrons. The zero-order chi connectivity index (χ0) is 20.7. The van der Waals surface area contributed by atoms with Gasteiger partial charge in [-0.3, -0.25) is 0 Å². The van der Waals surface area contributed by atoms with E-state index in [0.29, 0.717) is 17.2 Å². The SMILES string of the molecule is CCOC(=O)C1=C(C)N=C2NN(c3nn[nH]n3)NN2C1c1cccc2ccccc12. The molecular formula is C19H19N9O2. The normalized spacial score (nSPS) is 18.3. The maximum atomic E-state index is 12.9. The number of ether oxygens (including phenoxy) is 1. The number of anilines is 1. The molecule has 11 nitrogen and oxygen atoms in total. The average molecular weight is 405 g/mol. The van der Waals surface area contributed by atoms with Crippen LogP contribution in [-0.2, 0) is 9.53 Å². The van der Waals surface area contributed by atoms with E-state index < -0.39 is 12.0 Å². The Morgan fingerprint density at radius 1 is 1.20 bits per heavy atom. The number of allylic oxidation sites excluding steroid dienone is 1. The summed E-state index contributed by atoms with van der Waals surface area (Å²) in [6, 6.07) is 13.6. The third kappa shape index (κ3) is 2.83. The third-order valence-electron chi connectivity index (χ3n) is 4.99. The summed E-state index contributed by atoms with van der Waals surface area (Å²) in [4.78, 5) is 17.5. The number of hydrogen-bond donors (Lipinski definition) is 3. The maximum absolute atomic E-state index is 12.9. The molecule has 30 heavy (non-hydrogen) atoms. The van der Waals surface area contributed by atoms with E-state index in [-0.39, 0.29) is 12.6 Å². The Morgan fingerprint density at radius 3 is 2.83 bits per heavy atom. The first-order valence-electron chi connectivity index (χ1n) is 9.47. The van der Waals surface area contributed by atoms with Crippen LogP contribution < -0.4 is 16.1 Å². The van der Waals surface area contributed by atoms with Crippen molar-refractivity contribution >= 4 is 28.6 Å². The minimum absolute atomic E-state index is 0.273. The highest BCUT2D eigenvalue weighted by atomic mass is 16.5. The van der Waals surface area contributed by atoms with E-state index in [1.807, 2.05) is 42.5 Å². The topological polar surface area (TPSA) is 124 Å². The zero-order valence-electron chi connectivity index (χ0n) is 16.3. The summed E-state index contributed by atoms with van der Waals surface area (Å²) in [5.74, 6) is 0.373. The number of esters is 1. The fourth-order valence-electron chi connectivity index (χ4n) is 3.74. The van der Waals surface area contributed by atoms with Gasteiger partial charge in [0.25, 0.3) is 0 Å². The molecule has 2 aromatic carbocycles. The van der Waals surface area contributed by atoms with Crippen LogP contribution in [0.5, 0.6) is 0 Å². The molecule has 1 unspecified atom stereocenters. The van der Waals surface area contributed by atoms with Crippen LogP contribution in [0.15, 0.2) is 58.7 Å². The lowest BCUT2D eigenvalue weighted by molar-refractivity contribution is -0.139. The Kier molecular flexibility index (Phi) is 4.29. The van der Waals surface area contributed by atoms with Crippen molar-refractivity contribution < 1.29 is 9.53 Å². The van der Waals surface area contributed by atoms with Gasteiger partial charge in [-0.2, -0.15) is 10.3 Å². The Labute approximate surface area is 171 Å². The van der Waals surface area contributed by atoms with Crippen LogP contribution in [0, 0.1) is 0 Å². The molecule has 152 valence electrons. The van der Waals surface area contributed by atoms with Crippen LogP contribution in [0.25, 0.3) is 10.8 Å². The molecule has 5 rings (SSSR count). The number of nitrogens with one attached hydrogen (secondary N) is 3. The number of aliphatic imine (C=N–C) groups is 1. The standard InChI is InChI=1S/C19H19N9O2/c1-3-30-17(29)15-11(2)20-18-23-28(19-21-24-25-22-19)26-27(18)16(15)14-10-6-8-12-7-4-5-9-13(12)14/h4-10,16,26H,3H2,1-2H3,(H,20,23)(H,21,22,24,25). The zero-order valence-corrected chi connectivity index (χ0v) is 16.3. The predicted octanol–water partition coefficient (Wildman–Crippen LogP) is 1.35. The molecule has 2 aliphatic rings. The smallest absolute Gasteiger partial charge is 0.338 e. The van der Waals surface area contributed by atoms with Crippen LogP contribution in [0.4, 0.5) is 5.95 Å². The number of rotatable bonds is 4. The first-order valence-corrected chi connectivity index (χ1v) is 9.47. The second kappa shape index (κ2) is 7.12. The number of aromatic amines is 1. The minimum atomic E-state index is -0.493. The van der Waals surface area contributed by atoms with E-state index in [1.165, 1.54) is 5.12 Å². The molecule has 3 aromatic rings. The number of hydrogen-bond acceptors (Lipinski definition) is 10. The quantitative estimate of drug-likeness (QED) is 0.552. The van der Waals surface area contributed by atoms with Gasteiger partial charge in [0, 0.05) is 0 Å². The highest BCUT2D eigenvalue weighted by Gasteiger charge is 2.42. The van der Waals surface area contributed by atoms with Gasteiger partial charge in [0.1, 0.15) is 6.04 Å². The van der Waals surface area contributed by atoms with Crippen LogP contribution >= 0.6 is 0 Å². The number of nitrogens with zero attached hydrogens (tertiary/aromatic N) is 6. The number of carbonyl (C=O) groups is 1. The molecule has 0 aliphatic carbocycles. The predicted molar refractivity (Wildman–Crippen MR) is 108 cm³/mol. The van der Waals surface area contributed by atoms with E-state index in [4.69, 9.17) is 4.74 Å². The molecule has 3 N–H and O–H groups in total. The van der Waals surface area contributed by atoms with Gasteiger partial charge in [-0.05, 0) is 35.4 Å². The van der Waals surface area contributed by atoms with Crippen molar-refractivity contribution in [3.63, 3.8) is 0 Å². The summed E-state index contributed by atoms with van der Waals surface area (Å²) >= 11 is 0. The number of fused-ring (bicyclic) bond motifs is 2. The van der Waals surface area contributed by atoms with Gasteiger partial charge < -0.3 is 4.74 Å². The lowest BCUT2D eigenvalue weighted by Crippen LogP contribution is -2.46. The number of tetrazole rings is 1. The van der Waals surface area contributed by atoms with Gasteiger partial charge in [-0.15, -0.1) is 10.6 Å². The fourth-order valence-corrected chi connectivity index (χ4v) is 3.74. The van der Waals surface area contributed by atoms with E-state index in [9.17, 15) is 4.79 Å². The maximum Gasteiger partial charge on any atom is 0.338 e. The Morgan fingerprint density at radius 2 is 2.03 bits per heavy atom. The highest BCUT2D eigenvalue weighted by molar-refractivity contribution is 5.98. The summed E-state index contributed by atoms with van der Waals surface area (Å²) in [6.45, 7) is 3.86. The Hall–Kier alpha value is -3.99. The van der Waals surface area contributed by atoms with E-state index >= 15 is 0 Å². The van der Waals surface area contributed by atoms with Crippen molar-refractivity contribution in [1.29, 1.82) is 0 Å². The monoisotopic (exact) mass is 405 g/mol. The molecule has 2 aliphatic heterocycles. The van der Waals surface area contributed by atoms with Gasteiger partial charge in [0.05, 0.1) is 17.9 Å². The van der Waals surface area contributed by atoms with Crippen LogP contribution in [0.3, 0.4) is 0 Å². The summed E-state index contributed by atoms with van der Waals surface area (Å²) in [6.07, 6.45) is 0. The number of H-pyrrole nitrogens is 1. The van der Waals surface area contributed by atoms with Crippen molar-refractivity contribution in [2.75, 3.05) is 11.7 Å². The molecule has 1 atom stereocenters. The highest BCUT2D eigenvalue weighted by Crippen LogP contribution is 2.38. The number of benzene rings is 2. The minimum Gasteiger partial charge on any atom is -0.463 e. The number of aromatic nitrogens is 4. The molecule has 0 amide bonds. The largest absolute Gasteiger partial charge is 0.463 e. The number of guanidine groups is 1. The van der Waals surface area contributed by atoms with E-state index in [0.717, 1.165) is 16.3 Å². The van der Waals surface area contributed by atoms with Crippen molar-refractivity contribution in [1.82, 2.24) is 36.6 Å². The van der Waals surface area contributed by atoms with Crippen molar-refractivity contribution in [2.24, 2.45) is 4.99 Å². The molecule has 0 spiro atoms. The van der Waals surface area contributed by atoms with Crippen molar-refractivity contribution in [3.8, 4) is 0 Å². The third-order valence-corrected chi connectivity index (χ3v) is 4.99. The first-order chi connectivity index (χ1) is 14.7. The number of hydrazine groups is 3. The first kappa shape index (κ1) is 18.1. The van der Waals surface area contributed by atoms with E-state index in [1.54, 1.807) is 18.9 Å². The van der Waals surface area contributed by atoms with Gasteiger partial charge >= 0.3 is 11.9 Å². The van der Waals surface area contributed by atoms with Gasteiger partial charge in [-0.1, -0.05) is 47.6 Å². The second-order valence-electron chi connectivity index (χ2n) is 6.75. The van der Waals surface area contributed by atoms with Crippen LogP contribution in [-0.4, -0.2) is 44.2 Å². The van der Waals surface area contributed by atoms with E-state index in [2.05, 4.69) is 36.6 Å². The van der Waals surface area contributed by atoms with Crippen LogP contribution in [0.1, 0.15) is 25.5 Å². The summed E-state index contributed by atoms with van der Waals surface area (Å²) in [5.41, 5.74) is 8.21. The Balaban J connectivity index is 1.66. The molecule has 1 saturated heterocycles. The fraction of sp³-hybridized carbons (Fsp3) is 0.211. The molecule has 11 heteroatoms. The second-order valence-corrected chi connectivity index (χ2v) is 6.75. The lowest BCUT2D eigenvalue weighted by atomic mass is 9.91. The van der Waals surface area contributed by atoms with Gasteiger partial charge in [0.15, 0.2) is 0 Å². The molecule has 0 saturated carbocycles. The van der Waals surface area contributed by atoms with Gasteiger partial charge in [0.2, 0.25) is 5.96 Å².